The van der Waals surface area contributed by atoms with Crippen molar-refractivity contribution in [1.82, 2.24) is 0 Å². The third kappa shape index (κ3) is 3.87. The van der Waals surface area contributed by atoms with Crippen LogP contribution in [-0.4, -0.2) is 17.8 Å². The van der Waals surface area contributed by atoms with Crippen molar-refractivity contribution in [3.8, 4) is 0 Å². The molecule has 0 aliphatic carbocycles. The average molecular weight is 243 g/mol. The van der Waals surface area contributed by atoms with Crippen LogP contribution < -0.4 is 5.48 Å². The minimum absolute atomic E-state index is 0.0191. The molecule has 0 bridgehead atoms. The smallest absolute Gasteiger partial charge is 0.112 e. The highest BCUT2D eigenvalue weighted by atomic mass is 16.7. The first kappa shape index (κ1) is 12.6. The minimum Gasteiger partial charge on any atom is -0.394 e. The molecule has 18 heavy (non-hydrogen) atoms. The number of para-hydroxylation sites is 1. The minimum atomic E-state index is -0.257. The van der Waals surface area contributed by atoms with Crippen LogP contribution in [0, 0.1) is 0 Å². The van der Waals surface area contributed by atoms with Crippen molar-refractivity contribution >= 4 is 5.69 Å². The van der Waals surface area contributed by atoms with Crippen molar-refractivity contribution in [3.63, 3.8) is 0 Å². The van der Waals surface area contributed by atoms with E-state index < -0.39 is 0 Å². The summed E-state index contributed by atoms with van der Waals surface area (Å²) in [5.74, 6) is 0. The summed E-state index contributed by atoms with van der Waals surface area (Å²) in [6.07, 6.45) is 0.421. The number of hydrogen-bond donors (Lipinski definition) is 2. The predicted molar refractivity (Wildman–Crippen MR) is 72.2 cm³/mol. The molecule has 0 aliphatic rings. The van der Waals surface area contributed by atoms with Crippen LogP contribution >= 0.6 is 0 Å². The Morgan fingerprint density at radius 2 is 1.56 bits per heavy atom. The maximum Gasteiger partial charge on any atom is 0.112 e. The van der Waals surface area contributed by atoms with Gasteiger partial charge in [-0.15, -0.1) is 0 Å². The quantitative estimate of drug-likeness (QED) is 0.766. The molecule has 0 unspecified atom stereocenters. The standard InChI is InChI=1S/C15H17NO2/c17-12-15(11-13-7-3-1-4-8-13)18-16-14-9-5-2-6-10-14/h1-10,15-17H,11-12H2/t15-/m0/s1. The van der Waals surface area contributed by atoms with Crippen LogP contribution in [0.5, 0.6) is 0 Å². The summed E-state index contributed by atoms with van der Waals surface area (Å²) in [6, 6.07) is 19.6. The summed E-state index contributed by atoms with van der Waals surface area (Å²) >= 11 is 0. The van der Waals surface area contributed by atoms with Crippen molar-refractivity contribution in [3.05, 3.63) is 66.2 Å². The van der Waals surface area contributed by atoms with Crippen molar-refractivity contribution in [2.45, 2.75) is 12.5 Å². The molecule has 2 aromatic carbocycles. The van der Waals surface area contributed by atoms with Crippen LogP contribution in [0.25, 0.3) is 0 Å². The van der Waals surface area contributed by atoms with Gasteiger partial charge in [-0.25, -0.2) is 0 Å². The number of rotatable bonds is 6. The molecular formula is C15H17NO2. The average Bonchev–Trinajstić information content (AvgIpc) is 2.45. The van der Waals surface area contributed by atoms with Gasteiger partial charge >= 0.3 is 0 Å². The number of anilines is 1. The van der Waals surface area contributed by atoms with Crippen LogP contribution in [0.1, 0.15) is 5.56 Å². The monoisotopic (exact) mass is 243 g/mol. The Labute approximate surface area is 107 Å². The molecule has 0 heterocycles. The van der Waals surface area contributed by atoms with Crippen molar-refractivity contribution in [1.29, 1.82) is 0 Å². The highest BCUT2D eigenvalue weighted by Gasteiger charge is 2.09. The molecule has 0 fully saturated rings. The van der Waals surface area contributed by atoms with Crippen LogP contribution in [0.3, 0.4) is 0 Å². The van der Waals surface area contributed by atoms with Gasteiger partial charge in [0.1, 0.15) is 6.10 Å². The van der Waals surface area contributed by atoms with E-state index in [1.54, 1.807) is 0 Å². The Morgan fingerprint density at radius 1 is 0.944 bits per heavy atom. The Hall–Kier alpha value is -1.84. The van der Waals surface area contributed by atoms with E-state index in [4.69, 9.17) is 4.84 Å². The zero-order valence-electron chi connectivity index (χ0n) is 10.1. The van der Waals surface area contributed by atoms with Gasteiger partial charge in [-0.1, -0.05) is 48.5 Å². The van der Waals surface area contributed by atoms with E-state index in [-0.39, 0.29) is 12.7 Å². The molecule has 94 valence electrons. The number of nitrogens with one attached hydrogen (secondary N) is 1. The maximum absolute atomic E-state index is 9.30. The normalized spacial score (nSPS) is 12.1. The van der Waals surface area contributed by atoms with Crippen LogP contribution in [0.4, 0.5) is 5.69 Å². The van der Waals surface area contributed by atoms with Crippen molar-refractivity contribution < 1.29 is 9.94 Å². The Balaban J connectivity index is 1.86. The molecule has 0 aliphatic heterocycles. The molecule has 2 rings (SSSR count). The summed E-state index contributed by atoms with van der Waals surface area (Å²) in [4.78, 5) is 5.48. The van der Waals surface area contributed by atoms with E-state index in [1.807, 2.05) is 60.7 Å². The predicted octanol–water partition coefficient (Wildman–Crippen LogP) is 2.63. The lowest BCUT2D eigenvalue weighted by Crippen LogP contribution is -2.23. The molecule has 3 heteroatoms. The second-order valence-corrected chi connectivity index (χ2v) is 4.08. The fraction of sp³-hybridized carbons (Fsp3) is 0.200. The molecule has 0 saturated carbocycles. The van der Waals surface area contributed by atoms with E-state index in [9.17, 15) is 5.11 Å². The van der Waals surface area contributed by atoms with Gasteiger partial charge in [0.15, 0.2) is 0 Å². The zero-order chi connectivity index (χ0) is 12.6. The largest absolute Gasteiger partial charge is 0.394 e. The first-order chi connectivity index (χ1) is 8.88. The number of aliphatic hydroxyl groups excluding tert-OH is 1. The van der Waals surface area contributed by atoms with Gasteiger partial charge in [0.2, 0.25) is 0 Å². The fourth-order valence-corrected chi connectivity index (χ4v) is 1.68. The second-order valence-electron chi connectivity index (χ2n) is 4.08. The lowest BCUT2D eigenvalue weighted by atomic mass is 10.1. The van der Waals surface area contributed by atoms with Crippen molar-refractivity contribution in [2.75, 3.05) is 12.1 Å². The van der Waals surface area contributed by atoms with Gasteiger partial charge in [-0.05, 0) is 17.7 Å². The first-order valence-electron chi connectivity index (χ1n) is 6.00. The lowest BCUT2D eigenvalue weighted by molar-refractivity contribution is 0.0476. The maximum atomic E-state index is 9.30. The summed E-state index contributed by atoms with van der Waals surface area (Å²) in [5, 5.41) is 9.30. The van der Waals surface area contributed by atoms with Gasteiger partial charge in [-0.2, -0.15) is 0 Å². The molecule has 2 aromatic rings. The molecule has 0 aromatic heterocycles. The molecule has 2 N–H and O–H groups in total. The summed E-state index contributed by atoms with van der Waals surface area (Å²) < 4.78 is 0. The molecule has 1 atom stereocenters. The van der Waals surface area contributed by atoms with E-state index in [2.05, 4.69) is 5.48 Å². The molecule has 0 saturated heterocycles. The van der Waals surface area contributed by atoms with Crippen LogP contribution in [0.2, 0.25) is 0 Å². The molecule has 0 amide bonds. The fourth-order valence-electron chi connectivity index (χ4n) is 1.68. The van der Waals surface area contributed by atoms with Gasteiger partial charge in [0, 0.05) is 6.42 Å². The SMILES string of the molecule is OC[C@H](Cc1ccccc1)ONc1ccccc1. The Kier molecular flexibility index (Phi) is 4.76. The molecule has 3 nitrogen and oxygen atoms in total. The molecule has 0 radical (unpaired) electrons. The number of benzene rings is 2. The topological polar surface area (TPSA) is 41.5 Å². The molecule has 0 spiro atoms. The van der Waals surface area contributed by atoms with Crippen LogP contribution in [-0.2, 0) is 11.3 Å². The van der Waals surface area contributed by atoms with E-state index in [0.29, 0.717) is 6.42 Å². The summed E-state index contributed by atoms with van der Waals surface area (Å²) in [6.45, 7) is -0.0191. The number of hydrogen-bond acceptors (Lipinski definition) is 3. The molecular weight excluding hydrogens is 226 g/mol. The third-order valence-electron chi connectivity index (χ3n) is 2.63. The van der Waals surface area contributed by atoms with Gasteiger partial charge < -0.3 is 5.11 Å². The second kappa shape index (κ2) is 6.79. The Morgan fingerprint density at radius 3 is 2.17 bits per heavy atom. The zero-order valence-corrected chi connectivity index (χ0v) is 10.1. The summed E-state index contributed by atoms with van der Waals surface area (Å²) in [5.41, 5.74) is 4.88. The summed E-state index contributed by atoms with van der Waals surface area (Å²) in [7, 11) is 0. The Bertz CT molecular complexity index is 445. The van der Waals surface area contributed by atoms with E-state index in [0.717, 1.165) is 11.3 Å². The highest BCUT2D eigenvalue weighted by Crippen LogP contribution is 2.09. The van der Waals surface area contributed by atoms with E-state index in [1.165, 1.54) is 0 Å². The van der Waals surface area contributed by atoms with E-state index >= 15 is 0 Å². The lowest BCUT2D eigenvalue weighted by Gasteiger charge is -2.16. The highest BCUT2D eigenvalue weighted by molar-refractivity contribution is 5.40. The van der Waals surface area contributed by atoms with Crippen LogP contribution in [0.15, 0.2) is 60.7 Å². The number of aliphatic hydroxyl groups is 1. The van der Waals surface area contributed by atoms with Gasteiger partial charge in [0.05, 0.1) is 12.3 Å². The third-order valence-corrected chi connectivity index (χ3v) is 2.63. The van der Waals surface area contributed by atoms with Gasteiger partial charge in [0.25, 0.3) is 0 Å². The van der Waals surface area contributed by atoms with Crippen molar-refractivity contribution in [2.24, 2.45) is 0 Å². The van der Waals surface area contributed by atoms with Gasteiger partial charge in [-0.3, -0.25) is 10.3 Å². The first-order valence-corrected chi connectivity index (χ1v) is 6.00.